The number of amides is 1. The lowest BCUT2D eigenvalue weighted by molar-refractivity contribution is -0.122. The van der Waals surface area contributed by atoms with Crippen molar-refractivity contribution in [2.75, 3.05) is 10.6 Å². The Morgan fingerprint density at radius 2 is 1.73 bits per heavy atom. The van der Waals surface area contributed by atoms with Crippen LogP contribution >= 0.6 is 23.2 Å². The van der Waals surface area contributed by atoms with Gasteiger partial charge in [0.1, 0.15) is 6.04 Å². The molecule has 5 nitrogen and oxygen atoms in total. The van der Waals surface area contributed by atoms with Crippen molar-refractivity contribution in [1.82, 2.24) is 5.32 Å². The zero-order chi connectivity index (χ0) is 19.5. The van der Waals surface area contributed by atoms with Crippen molar-refractivity contribution in [1.29, 1.82) is 0 Å². The number of hydrogen-bond donors (Lipinski definition) is 1. The molecule has 0 aliphatic carbocycles. The van der Waals surface area contributed by atoms with Crippen molar-refractivity contribution < 1.29 is 13.2 Å². The fourth-order valence-corrected chi connectivity index (χ4v) is 3.93. The molecule has 2 aromatic rings. The SMILES string of the molecule is Cc1ccc(CNC(=O)[C@H](C)N(c2ccc(Cl)c(Cl)c2)S(C)(=O)=O)cc1. The van der Waals surface area contributed by atoms with E-state index >= 15 is 0 Å². The van der Waals surface area contributed by atoms with Gasteiger partial charge in [-0.2, -0.15) is 0 Å². The zero-order valence-corrected chi connectivity index (χ0v) is 17.0. The Kier molecular flexibility index (Phi) is 6.55. The Bertz CT molecular complexity index is 899. The van der Waals surface area contributed by atoms with E-state index in [1.165, 1.54) is 25.1 Å². The first-order chi connectivity index (χ1) is 12.1. The summed E-state index contributed by atoms with van der Waals surface area (Å²) in [6, 6.07) is 11.2. The summed E-state index contributed by atoms with van der Waals surface area (Å²) >= 11 is 11.9. The Morgan fingerprint density at radius 1 is 1.12 bits per heavy atom. The van der Waals surface area contributed by atoms with E-state index in [0.29, 0.717) is 11.6 Å². The summed E-state index contributed by atoms with van der Waals surface area (Å²) < 4.78 is 25.5. The molecule has 0 spiro atoms. The van der Waals surface area contributed by atoms with E-state index in [9.17, 15) is 13.2 Å². The van der Waals surface area contributed by atoms with Gasteiger partial charge in [0, 0.05) is 6.54 Å². The molecule has 0 radical (unpaired) electrons. The van der Waals surface area contributed by atoms with Crippen LogP contribution in [0.5, 0.6) is 0 Å². The smallest absolute Gasteiger partial charge is 0.243 e. The topological polar surface area (TPSA) is 66.5 Å². The molecule has 1 atom stereocenters. The summed E-state index contributed by atoms with van der Waals surface area (Å²) in [6.45, 7) is 3.81. The standard InChI is InChI=1S/C18H20Cl2N2O3S/c1-12-4-6-14(7-5-12)11-21-18(23)13(2)22(26(3,24)25)15-8-9-16(19)17(20)10-15/h4-10,13H,11H2,1-3H3,(H,21,23)/t13-/m0/s1. The van der Waals surface area contributed by atoms with E-state index in [0.717, 1.165) is 21.7 Å². The van der Waals surface area contributed by atoms with Gasteiger partial charge < -0.3 is 5.32 Å². The third-order valence-corrected chi connectivity index (χ3v) is 5.81. The van der Waals surface area contributed by atoms with Crippen molar-refractivity contribution >= 4 is 44.8 Å². The van der Waals surface area contributed by atoms with Gasteiger partial charge in [-0.25, -0.2) is 8.42 Å². The van der Waals surface area contributed by atoms with Crippen LogP contribution in [0, 0.1) is 6.92 Å². The Balaban J connectivity index is 2.20. The van der Waals surface area contributed by atoms with Crippen LogP contribution in [0.25, 0.3) is 0 Å². The molecule has 0 unspecified atom stereocenters. The highest BCUT2D eigenvalue weighted by Crippen LogP contribution is 2.29. The fourth-order valence-electron chi connectivity index (χ4n) is 2.47. The van der Waals surface area contributed by atoms with Gasteiger partial charge in [-0.05, 0) is 37.6 Å². The minimum Gasteiger partial charge on any atom is -0.350 e. The molecule has 8 heteroatoms. The fraction of sp³-hybridized carbons (Fsp3) is 0.278. The van der Waals surface area contributed by atoms with E-state index in [4.69, 9.17) is 23.2 Å². The number of aryl methyl sites for hydroxylation is 1. The summed E-state index contributed by atoms with van der Waals surface area (Å²) in [5, 5.41) is 3.28. The number of benzene rings is 2. The molecule has 0 aliphatic rings. The summed E-state index contributed by atoms with van der Waals surface area (Å²) in [4.78, 5) is 12.5. The molecule has 0 bridgehead atoms. The van der Waals surface area contributed by atoms with Crippen LogP contribution in [0.1, 0.15) is 18.1 Å². The van der Waals surface area contributed by atoms with Gasteiger partial charge in [0.15, 0.2) is 0 Å². The number of carbonyl (C=O) groups is 1. The Labute approximate surface area is 164 Å². The predicted molar refractivity (Wildman–Crippen MR) is 106 cm³/mol. The van der Waals surface area contributed by atoms with Crippen LogP contribution in [0.3, 0.4) is 0 Å². The normalized spacial score (nSPS) is 12.5. The van der Waals surface area contributed by atoms with Crippen LogP contribution in [0.15, 0.2) is 42.5 Å². The van der Waals surface area contributed by atoms with Crippen LogP contribution in [0.4, 0.5) is 5.69 Å². The number of rotatable bonds is 6. The lowest BCUT2D eigenvalue weighted by Crippen LogP contribution is -2.47. The summed E-state index contributed by atoms with van der Waals surface area (Å²) in [7, 11) is -3.71. The predicted octanol–water partition coefficient (Wildman–Crippen LogP) is 3.77. The first kappa shape index (κ1) is 20.6. The number of sulfonamides is 1. The van der Waals surface area contributed by atoms with E-state index in [2.05, 4.69) is 5.32 Å². The molecular formula is C18H20Cl2N2O3S. The second-order valence-corrected chi connectivity index (χ2v) is 8.71. The molecule has 0 saturated carbocycles. The van der Waals surface area contributed by atoms with E-state index in [1.807, 2.05) is 31.2 Å². The maximum absolute atomic E-state index is 12.5. The molecular weight excluding hydrogens is 395 g/mol. The van der Waals surface area contributed by atoms with Gasteiger partial charge in [-0.1, -0.05) is 53.0 Å². The third kappa shape index (κ3) is 5.13. The molecule has 26 heavy (non-hydrogen) atoms. The average molecular weight is 415 g/mol. The largest absolute Gasteiger partial charge is 0.350 e. The van der Waals surface area contributed by atoms with Crippen molar-refractivity contribution in [3.8, 4) is 0 Å². The van der Waals surface area contributed by atoms with Gasteiger partial charge in [-0.3, -0.25) is 9.10 Å². The van der Waals surface area contributed by atoms with Crippen LogP contribution in [0.2, 0.25) is 10.0 Å². The third-order valence-electron chi connectivity index (χ3n) is 3.83. The number of nitrogens with one attached hydrogen (secondary N) is 1. The average Bonchev–Trinajstić information content (AvgIpc) is 2.56. The number of carbonyl (C=O) groups excluding carboxylic acids is 1. The lowest BCUT2D eigenvalue weighted by Gasteiger charge is -2.28. The second kappa shape index (κ2) is 8.29. The van der Waals surface area contributed by atoms with Gasteiger partial charge in [-0.15, -0.1) is 0 Å². The van der Waals surface area contributed by atoms with Crippen LogP contribution in [-0.4, -0.2) is 26.6 Å². The Hall–Kier alpha value is -1.76. The molecule has 0 aliphatic heterocycles. The van der Waals surface area contributed by atoms with E-state index in [1.54, 1.807) is 0 Å². The van der Waals surface area contributed by atoms with Crippen molar-refractivity contribution in [2.24, 2.45) is 0 Å². The van der Waals surface area contributed by atoms with Crippen molar-refractivity contribution in [3.63, 3.8) is 0 Å². The van der Waals surface area contributed by atoms with Gasteiger partial charge in [0.2, 0.25) is 15.9 Å². The highest BCUT2D eigenvalue weighted by atomic mass is 35.5. The first-order valence-electron chi connectivity index (χ1n) is 7.87. The van der Waals surface area contributed by atoms with Crippen molar-refractivity contribution in [3.05, 3.63) is 63.6 Å². The first-order valence-corrected chi connectivity index (χ1v) is 10.5. The quantitative estimate of drug-likeness (QED) is 0.781. The van der Waals surface area contributed by atoms with Crippen LogP contribution < -0.4 is 9.62 Å². The zero-order valence-electron chi connectivity index (χ0n) is 14.7. The van der Waals surface area contributed by atoms with E-state index in [-0.39, 0.29) is 10.7 Å². The number of halogens is 2. The molecule has 0 aromatic heterocycles. The maximum Gasteiger partial charge on any atom is 0.243 e. The molecule has 2 aromatic carbocycles. The number of anilines is 1. The molecule has 1 amide bonds. The van der Waals surface area contributed by atoms with Crippen LogP contribution in [-0.2, 0) is 21.4 Å². The summed E-state index contributed by atoms with van der Waals surface area (Å²) in [5.74, 6) is -0.415. The van der Waals surface area contributed by atoms with E-state index < -0.39 is 22.0 Å². The summed E-state index contributed by atoms with van der Waals surface area (Å²) in [5.41, 5.74) is 2.33. The number of nitrogens with zero attached hydrogens (tertiary/aromatic N) is 1. The minimum absolute atomic E-state index is 0.213. The Morgan fingerprint density at radius 3 is 2.27 bits per heavy atom. The molecule has 140 valence electrons. The molecule has 2 rings (SSSR count). The monoisotopic (exact) mass is 414 g/mol. The van der Waals surface area contributed by atoms with Gasteiger partial charge in [0.05, 0.1) is 22.0 Å². The van der Waals surface area contributed by atoms with Gasteiger partial charge in [0.25, 0.3) is 0 Å². The minimum atomic E-state index is -3.71. The highest BCUT2D eigenvalue weighted by molar-refractivity contribution is 7.92. The number of hydrogen-bond acceptors (Lipinski definition) is 3. The molecule has 0 fully saturated rings. The lowest BCUT2D eigenvalue weighted by atomic mass is 10.1. The highest BCUT2D eigenvalue weighted by Gasteiger charge is 2.29. The summed E-state index contributed by atoms with van der Waals surface area (Å²) in [6.07, 6.45) is 1.04. The molecule has 1 N–H and O–H groups in total. The van der Waals surface area contributed by atoms with Crippen molar-refractivity contribution in [2.45, 2.75) is 26.4 Å². The molecule has 0 saturated heterocycles. The second-order valence-electron chi connectivity index (χ2n) is 6.04. The molecule has 0 heterocycles. The van der Waals surface area contributed by atoms with Gasteiger partial charge >= 0.3 is 0 Å². The maximum atomic E-state index is 12.5.